The van der Waals surface area contributed by atoms with E-state index in [0.717, 1.165) is 0 Å². The van der Waals surface area contributed by atoms with Gasteiger partial charge in [0, 0.05) is 128 Å². The SMILES string of the molecule is CC(C)c1c[n+](C(C)C)cc2ccccc12.CC(C)c1cc[n+](C(C)C)c2c1CCC2.CC(C)c1cc[n+](C(C)C)c2ccccc12.CC(C)c1cc[n+](C(C)C)cc1.CC(C)c1ccc[n+](C(C)C)c1.CC(C)c1cccc2c1ccc[n+]2C(C)C.CC(C)c1cccc2c[n+](C(C)C)ccc12.CC(C)c1cccc2cc[n+](C(C)C)cc12.CC(C)c1cccc2ccc[n+](C(C)C)c12. The van der Waals surface area contributed by atoms with Crippen LogP contribution in [-0.4, -0.2) is 0 Å². The molecule has 1 aliphatic carbocycles. The number of hydrogen-bond acceptors (Lipinski definition) is 0. The molecule has 0 saturated carbocycles. The van der Waals surface area contributed by atoms with Crippen molar-refractivity contribution in [3.63, 3.8) is 0 Å². The highest BCUT2D eigenvalue weighted by Crippen LogP contribution is 2.33. The minimum atomic E-state index is 0.503. The Labute approximate surface area is 819 Å². The molecule has 15 aromatic rings. The molecule has 718 valence electrons. The molecule has 0 spiro atoms. The van der Waals surface area contributed by atoms with Crippen molar-refractivity contribution in [2.24, 2.45) is 0 Å². The second kappa shape index (κ2) is 52.0. The zero-order chi connectivity index (χ0) is 99.5. The summed E-state index contributed by atoms with van der Waals surface area (Å²) in [6, 6.07) is 74.9. The molecule has 0 radical (unpaired) electrons. The smallest absolute Gasteiger partial charge is 0.203 e. The van der Waals surface area contributed by atoms with E-state index in [1.165, 1.54) is 129 Å². The zero-order valence-electron chi connectivity index (χ0n) is 90.6. The van der Waals surface area contributed by atoms with Crippen molar-refractivity contribution in [3.8, 4) is 0 Å². The average Bonchev–Trinajstić information content (AvgIpc) is 0.953. The first-order valence-corrected chi connectivity index (χ1v) is 51.6. The van der Waals surface area contributed by atoms with E-state index >= 15 is 0 Å². The number of fused-ring (bicyclic) bond motifs is 7. The van der Waals surface area contributed by atoms with Crippen molar-refractivity contribution in [3.05, 3.63) is 342 Å². The van der Waals surface area contributed by atoms with Gasteiger partial charge in [-0.3, -0.25) is 0 Å². The summed E-state index contributed by atoms with van der Waals surface area (Å²) in [5.74, 6) is 5.36. The number of para-hydroxylation sites is 2. The topological polar surface area (TPSA) is 34.9 Å². The highest BCUT2D eigenvalue weighted by molar-refractivity contribution is 5.87. The number of pyridine rings is 9. The molecule has 0 atom stereocenters. The molecule has 0 bridgehead atoms. The van der Waals surface area contributed by atoms with Crippen molar-refractivity contribution in [2.75, 3.05) is 0 Å². The van der Waals surface area contributed by atoms with Gasteiger partial charge in [-0.15, -0.1) is 0 Å². The van der Waals surface area contributed by atoms with Crippen LogP contribution in [0.1, 0.15) is 425 Å². The quantitative estimate of drug-likeness (QED) is 0.0768. The number of nitrogens with zero attached hydrogens (tertiary/aromatic N) is 9. The second-order valence-corrected chi connectivity index (χ2v) is 42.7. The maximum absolute atomic E-state index is 2.45. The molecule has 0 fully saturated rings. The van der Waals surface area contributed by atoms with Crippen LogP contribution in [0.3, 0.4) is 0 Å². The van der Waals surface area contributed by atoms with Gasteiger partial charge in [0.2, 0.25) is 16.6 Å². The van der Waals surface area contributed by atoms with Gasteiger partial charge in [-0.25, -0.2) is 27.4 Å². The lowest BCUT2D eigenvalue weighted by atomic mass is 9.97. The molecular formula is C126H178N9+9. The van der Waals surface area contributed by atoms with Crippen molar-refractivity contribution in [2.45, 2.75) is 376 Å². The third-order valence-corrected chi connectivity index (χ3v) is 26.2. The lowest BCUT2D eigenvalue weighted by Gasteiger charge is -2.12. The van der Waals surface area contributed by atoms with E-state index in [1.54, 1.807) is 16.8 Å². The van der Waals surface area contributed by atoms with Gasteiger partial charge in [0.15, 0.2) is 147 Å². The molecule has 0 saturated heterocycles. The normalized spacial score (nSPS) is 11.9. The van der Waals surface area contributed by atoms with E-state index in [1.807, 2.05) is 0 Å². The van der Waals surface area contributed by atoms with Gasteiger partial charge in [0.1, 0.15) is 0 Å². The van der Waals surface area contributed by atoms with Crippen molar-refractivity contribution in [1.29, 1.82) is 0 Å². The van der Waals surface area contributed by atoms with E-state index < -0.39 is 0 Å². The summed E-state index contributed by atoms with van der Waals surface area (Å²) in [5.41, 5.74) is 20.3. The van der Waals surface area contributed by atoms with Crippen LogP contribution in [0.5, 0.6) is 0 Å². The molecule has 9 nitrogen and oxygen atoms in total. The van der Waals surface area contributed by atoms with E-state index in [0.29, 0.717) is 108 Å². The Morgan fingerprint density at radius 3 is 1.07 bits per heavy atom. The third kappa shape index (κ3) is 30.1. The van der Waals surface area contributed by atoms with Crippen LogP contribution in [0.4, 0.5) is 0 Å². The maximum atomic E-state index is 2.45. The number of hydrogen-bond donors (Lipinski definition) is 0. The lowest BCUT2D eigenvalue weighted by Crippen LogP contribution is -2.40. The standard InChI is InChI=1S/6C15H20N.C14H22N.2C11H18N/c1-11(2)13-7-5-9-15-14(13)8-6-10-16(15)12(3)4;1-11(2)14-9-5-7-13-8-6-10-16(12(3)4)15(13)14;1-11(2)14-7-5-6-13-10-16(12(3)4)9-8-15(13)14;1-11(2)14-7-5-6-13-8-9-16(12(3)4)10-15(13)14;1-11(2)15-10-16(12(3)4)9-13-7-5-6-8-14(13)15;1-11(2)13-9-10-16(12(3)4)15-8-6-5-7-14(13)15;1-10(2)12-8-9-15(11(3)4)14-7-5-6-13(12)14;1-9(2)11-5-7-12(8-6-11)10(3)4;1-9(2)11-6-5-7-12(8-11)10(3)4/h6*5-12H,1-4H3;8-11H,5-7H2,1-4H3;2*5-10H,1-4H3/q9*+1. The van der Waals surface area contributed by atoms with Crippen LogP contribution >= 0.6 is 0 Å². The van der Waals surface area contributed by atoms with Gasteiger partial charge in [-0.2, -0.15) is 13.7 Å². The molecule has 16 rings (SSSR count). The first-order chi connectivity index (χ1) is 63.9. The Morgan fingerprint density at radius 2 is 0.548 bits per heavy atom. The number of benzene rings is 6. The third-order valence-electron chi connectivity index (χ3n) is 26.2. The molecule has 0 N–H and O–H groups in total. The second-order valence-electron chi connectivity index (χ2n) is 42.7. The molecular weight excluding hydrogens is 1640 g/mol. The molecule has 0 aliphatic heterocycles. The molecule has 0 amide bonds. The summed E-state index contributed by atoms with van der Waals surface area (Å²) in [4.78, 5) is 0. The Kier molecular flexibility index (Phi) is 42.2. The summed E-state index contributed by atoms with van der Waals surface area (Å²) < 4.78 is 20.8. The maximum Gasteiger partial charge on any atom is 0.216 e. The van der Waals surface area contributed by atoms with Gasteiger partial charge >= 0.3 is 0 Å². The van der Waals surface area contributed by atoms with Crippen molar-refractivity contribution < 1.29 is 41.1 Å². The molecule has 9 heteroatoms. The summed E-state index contributed by atoms with van der Waals surface area (Å²) in [7, 11) is 0. The summed E-state index contributed by atoms with van der Waals surface area (Å²) in [5, 5.41) is 12.3. The van der Waals surface area contributed by atoms with E-state index in [-0.39, 0.29) is 0 Å². The van der Waals surface area contributed by atoms with E-state index in [4.69, 9.17) is 0 Å². The molecule has 135 heavy (non-hydrogen) atoms. The summed E-state index contributed by atoms with van der Waals surface area (Å²) in [6.45, 7) is 80.5. The summed E-state index contributed by atoms with van der Waals surface area (Å²) in [6.07, 6.45) is 34.8. The minimum Gasteiger partial charge on any atom is -0.203 e. The molecule has 9 aromatic heterocycles. The van der Waals surface area contributed by atoms with Crippen LogP contribution in [0.25, 0.3) is 65.0 Å². The predicted octanol–water partition coefficient (Wildman–Crippen LogP) is 31.5. The number of rotatable bonds is 18. The average molecular weight is 1820 g/mol. The Hall–Kier alpha value is -10.8. The van der Waals surface area contributed by atoms with Crippen LogP contribution < -0.4 is 41.1 Å². The van der Waals surface area contributed by atoms with E-state index in [2.05, 4.69) is 571 Å². The largest absolute Gasteiger partial charge is 0.216 e. The highest BCUT2D eigenvalue weighted by atomic mass is 15.0. The van der Waals surface area contributed by atoms with Crippen LogP contribution in [0.2, 0.25) is 0 Å². The predicted molar refractivity (Wildman–Crippen MR) is 577 cm³/mol. The van der Waals surface area contributed by atoms with Crippen LogP contribution in [0, 0.1) is 0 Å². The van der Waals surface area contributed by atoms with Gasteiger partial charge in [-0.1, -0.05) is 210 Å². The Morgan fingerprint density at radius 1 is 0.185 bits per heavy atom. The van der Waals surface area contributed by atoms with Crippen LogP contribution in [-0.2, 0) is 12.8 Å². The van der Waals surface area contributed by atoms with Gasteiger partial charge in [0.05, 0.1) is 0 Å². The molecule has 1 aliphatic rings. The van der Waals surface area contributed by atoms with Crippen molar-refractivity contribution >= 4 is 65.0 Å². The summed E-state index contributed by atoms with van der Waals surface area (Å²) >= 11 is 0. The van der Waals surface area contributed by atoms with Gasteiger partial charge in [-0.05, 0) is 283 Å². The van der Waals surface area contributed by atoms with Crippen molar-refractivity contribution in [1.82, 2.24) is 0 Å². The highest BCUT2D eigenvalue weighted by Gasteiger charge is 2.28. The zero-order valence-corrected chi connectivity index (χ0v) is 90.6. The first kappa shape index (κ1) is 110. The fourth-order valence-electron chi connectivity index (χ4n) is 18.0. The monoisotopic (exact) mass is 1820 g/mol. The molecule has 6 aromatic carbocycles. The Bertz CT molecular complexity index is 5880. The number of aromatic nitrogens is 9. The fraction of sp³-hybridized carbons (Fsp3) is 0.452. The first-order valence-electron chi connectivity index (χ1n) is 51.6. The Balaban J connectivity index is 0.000000187. The van der Waals surface area contributed by atoms with Crippen LogP contribution in [0.15, 0.2) is 281 Å². The van der Waals surface area contributed by atoms with Gasteiger partial charge < -0.3 is 0 Å². The minimum absolute atomic E-state index is 0.503. The fourth-order valence-corrected chi connectivity index (χ4v) is 18.0. The lowest BCUT2D eigenvalue weighted by molar-refractivity contribution is -0.723. The molecule has 0 unspecified atom stereocenters. The van der Waals surface area contributed by atoms with Gasteiger partial charge in [0.25, 0.3) is 0 Å². The van der Waals surface area contributed by atoms with E-state index in [9.17, 15) is 0 Å². The molecule has 9 heterocycles.